The Morgan fingerprint density at radius 1 is 1.00 bits per heavy atom. The third kappa shape index (κ3) is 2.86. The molecular formula is C13H14N2O. The summed E-state index contributed by atoms with van der Waals surface area (Å²) in [5.41, 5.74) is 3.16. The van der Waals surface area contributed by atoms with E-state index in [1.807, 2.05) is 0 Å². The molecule has 3 heteroatoms. The zero-order chi connectivity index (χ0) is 11.2. The van der Waals surface area contributed by atoms with Crippen LogP contribution >= 0.6 is 0 Å². The van der Waals surface area contributed by atoms with Crippen LogP contribution in [0.4, 0.5) is 0 Å². The summed E-state index contributed by atoms with van der Waals surface area (Å²) >= 11 is 0. The van der Waals surface area contributed by atoms with E-state index in [0.717, 1.165) is 0 Å². The number of fused-ring (bicyclic) bond motifs is 1. The Labute approximate surface area is 94.9 Å². The van der Waals surface area contributed by atoms with E-state index in [1.54, 1.807) is 11.1 Å². The van der Waals surface area contributed by atoms with E-state index >= 15 is 0 Å². The lowest BCUT2D eigenvalue weighted by atomic mass is 9.92. The maximum absolute atomic E-state index is 9.90. The molecular weight excluding hydrogens is 200 g/mol. The van der Waals surface area contributed by atoms with Crippen molar-refractivity contribution in [3.63, 3.8) is 0 Å². The first-order valence-electron chi connectivity index (χ1n) is 5.54. The predicted octanol–water partition coefficient (Wildman–Crippen LogP) is 3.06. The second-order valence-electron chi connectivity index (χ2n) is 3.85. The van der Waals surface area contributed by atoms with Crippen molar-refractivity contribution in [1.29, 1.82) is 0 Å². The first-order chi connectivity index (χ1) is 7.86. The van der Waals surface area contributed by atoms with Crippen LogP contribution in [0, 0.1) is 0 Å². The molecule has 1 heterocycles. The second kappa shape index (κ2) is 5.35. The molecule has 0 spiro atoms. The Bertz CT molecular complexity index is 396. The summed E-state index contributed by atoms with van der Waals surface area (Å²) in [6.45, 7) is 0. The molecule has 2 aliphatic rings. The van der Waals surface area contributed by atoms with E-state index in [9.17, 15) is 4.79 Å². The molecule has 0 radical (unpaired) electrons. The zero-order valence-electron chi connectivity index (χ0n) is 9.10. The lowest BCUT2D eigenvalue weighted by Crippen LogP contribution is -2.00. The van der Waals surface area contributed by atoms with E-state index in [4.69, 9.17) is 0 Å². The van der Waals surface area contributed by atoms with Crippen LogP contribution in [0.3, 0.4) is 0 Å². The monoisotopic (exact) mass is 214 g/mol. The summed E-state index contributed by atoms with van der Waals surface area (Å²) in [7, 11) is 0. The van der Waals surface area contributed by atoms with Crippen molar-refractivity contribution in [3.05, 3.63) is 47.7 Å². The topological polar surface area (TPSA) is 41.8 Å². The smallest absolute Gasteiger partial charge is 0.266 e. The number of rotatable bonds is 0. The van der Waals surface area contributed by atoms with Crippen LogP contribution in [-0.2, 0) is 17.6 Å². The van der Waals surface area contributed by atoms with Crippen LogP contribution < -0.4 is 0 Å². The highest BCUT2D eigenvalue weighted by Crippen LogP contribution is 2.19. The van der Waals surface area contributed by atoms with Crippen LogP contribution in [0.1, 0.15) is 24.0 Å². The van der Waals surface area contributed by atoms with E-state index in [0.29, 0.717) is 0 Å². The van der Waals surface area contributed by atoms with Crippen LogP contribution in [0.25, 0.3) is 0 Å². The number of amides is 1. The number of hydrogen-bond acceptors (Lipinski definition) is 2. The molecule has 0 N–H and O–H groups in total. The minimum absolute atomic E-state index is 0.269. The molecule has 0 unspecified atom stereocenters. The van der Waals surface area contributed by atoms with Gasteiger partial charge in [-0.05, 0) is 36.8 Å². The fourth-order valence-corrected chi connectivity index (χ4v) is 1.90. The van der Waals surface area contributed by atoms with Crippen molar-refractivity contribution in [1.82, 2.24) is 0 Å². The van der Waals surface area contributed by atoms with Gasteiger partial charge in [-0.1, -0.05) is 24.3 Å². The summed E-state index contributed by atoms with van der Waals surface area (Å²) in [6.07, 6.45) is 8.04. The van der Waals surface area contributed by atoms with Gasteiger partial charge in [0, 0.05) is 6.08 Å². The van der Waals surface area contributed by atoms with Crippen molar-refractivity contribution < 1.29 is 4.79 Å². The standard InChI is InChI=1S/C10H12.C3H2N2O/c1-2-6-10-8-4-3-7-9(10)5-1;6-3-1-2-4-5-3/h1-2,5-6H,3-4,7-8H2;1-2H. The number of benzene rings is 1. The highest BCUT2D eigenvalue weighted by molar-refractivity contribution is 5.89. The van der Waals surface area contributed by atoms with E-state index in [2.05, 4.69) is 34.5 Å². The Kier molecular flexibility index (Phi) is 3.59. The van der Waals surface area contributed by atoms with Gasteiger partial charge in [0.2, 0.25) is 0 Å². The summed E-state index contributed by atoms with van der Waals surface area (Å²) in [5.74, 6) is -0.269. The lowest BCUT2D eigenvalue weighted by Gasteiger charge is -2.13. The first-order valence-corrected chi connectivity index (χ1v) is 5.54. The van der Waals surface area contributed by atoms with E-state index < -0.39 is 0 Å². The fourth-order valence-electron chi connectivity index (χ4n) is 1.90. The van der Waals surface area contributed by atoms with Gasteiger partial charge in [-0.3, -0.25) is 4.79 Å². The maximum Gasteiger partial charge on any atom is 0.289 e. The number of aryl methyl sites for hydroxylation is 2. The predicted molar refractivity (Wildman–Crippen MR) is 62.1 cm³/mol. The van der Waals surface area contributed by atoms with Crippen molar-refractivity contribution in [2.24, 2.45) is 10.2 Å². The van der Waals surface area contributed by atoms with E-state index in [-0.39, 0.29) is 5.91 Å². The number of nitrogens with zero attached hydrogens (tertiary/aromatic N) is 2. The Morgan fingerprint density at radius 3 is 2.00 bits per heavy atom. The number of azo groups is 1. The molecule has 3 rings (SSSR count). The zero-order valence-corrected chi connectivity index (χ0v) is 9.10. The third-order valence-corrected chi connectivity index (χ3v) is 2.70. The first kappa shape index (κ1) is 10.7. The molecule has 1 aromatic carbocycles. The van der Waals surface area contributed by atoms with E-state index in [1.165, 1.54) is 38.0 Å². The molecule has 0 saturated heterocycles. The largest absolute Gasteiger partial charge is 0.289 e. The van der Waals surface area contributed by atoms with Gasteiger partial charge in [-0.15, -0.1) is 5.11 Å². The van der Waals surface area contributed by atoms with Crippen LogP contribution in [-0.4, -0.2) is 5.91 Å². The molecule has 0 fully saturated rings. The lowest BCUT2D eigenvalue weighted by molar-refractivity contribution is -0.113. The van der Waals surface area contributed by atoms with Crippen molar-refractivity contribution >= 4 is 5.91 Å². The average molecular weight is 214 g/mol. The van der Waals surface area contributed by atoms with Gasteiger partial charge >= 0.3 is 0 Å². The minimum atomic E-state index is -0.269. The molecule has 16 heavy (non-hydrogen) atoms. The highest BCUT2D eigenvalue weighted by atomic mass is 16.1. The average Bonchev–Trinajstić information content (AvgIpc) is 2.81. The molecule has 0 bridgehead atoms. The number of hydrogen-bond donors (Lipinski definition) is 0. The molecule has 0 atom stereocenters. The summed E-state index contributed by atoms with van der Waals surface area (Å²) in [4.78, 5) is 9.90. The Hall–Kier alpha value is -1.77. The van der Waals surface area contributed by atoms with Crippen LogP contribution in [0.15, 0.2) is 46.8 Å². The van der Waals surface area contributed by atoms with Gasteiger partial charge in [-0.2, -0.15) is 5.11 Å². The minimum Gasteiger partial charge on any atom is -0.266 e. The fraction of sp³-hybridized carbons (Fsp3) is 0.308. The van der Waals surface area contributed by atoms with Gasteiger partial charge in [0.1, 0.15) is 0 Å². The molecule has 0 aromatic heterocycles. The molecule has 0 saturated carbocycles. The van der Waals surface area contributed by atoms with Gasteiger partial charge < -0.3 is 0 Å². The van der Waals surface area contributed by atoms with Crippen molar-refractivity contribution in [3.8, 4) is 0 Å². The van der Waals surface area contributed by atoms with Gasteiger partial charge in [0.15, 0.2) is 0 Å². The SMILES string of the molecule is O=C1C=CN=N1.c1ccc2c(c1)CCCC2. The van der Waals surface area contributed by atoms with Crippen molar-refractivity contribution in [2.45, 2.75) is 25.7 Å². The number of carbonyl (C=O) groups excluding carboxylic acids is 1. The van der Waals surface area contributed by atoms with Crippen LogP contribution in [0.2, 0.25) is 0 Å². The quantitative estimate of drug-likeness (QED) is 0.654. The highest BCUT2D eigenvalue weighted by Gasteiger charge is 2.05. The maximum atomic E-state index is 9.90. The van der Waals surface area contributed by atoms with Gasteiger partial charge in [-0.25, -0.2) is 0 Å². The molecule has 82 valence electrons. The normalized spacial score (nSPS) is 16.6. The summed E-state index contributed by atoms with van der Waals surface area (Å²) in [6, 6.07) is 8.80. The van der Waals surface area contributed by atoms with Crippen molar-refractivity contribution in [2.75, 3.05) is 0 Å². The Balaban J connectivity index is 0.000000138. The van der Waals surface area contributed by atoms with Crippen LogP contribution in [0.5, 0.6) is 0 Å². The second-order valence-corrected chi connectivity index (χ2v) is 3.85. The van der Waals surface area contributed by atoms with Gasteiger partial charge in [0.05, 0.1) is 6.20 Å². The molecule has 1 aliphatic heterocycles. The van der Waals surface area contributed by atoms with Gasteiger partial charge in [0.25, 0.3) is 5.91 Å². The molecule has 1 amide bonds. The Morgan fingerprint density at radius 2 is 1.62 bits per heavy atom. The molecule has 1 aromatic rings. The molecule has 3 nitrogen and oxygen atoms in total. The third-order valence-electron chi connectivity index (χ3n) is 2.70. The molecule has 1 aliphatic carbocycles. The number of carbonyl (C=O) groups is 1. The summed E-state index contributed by atoms with van der Waals surface area (Å²) in [5, 5.41) is 6.37. The summed E-state index contributed by atoms with van der Waals surface area (Å²) < 4.78 is 0.